The second-order valence-electron chi connectivity index (χ2n) is 10.9. The van der Waals surface area contributed by atoms with Gasteiger partial charge in [0, 0.05) is 20.1 Å². The molecule has 0 bridgehead atoms. The smallest absolute Gasteiger partial charge is 0.329 e. The molecule has 1 amide bonds. The minimum Gasteiger partial charge on any atom is -0.456 e. The lowest BCUT2D eigenvalue weighted by molar-refractivity contribution is -0.220. The van der Waals surface area contributed by atoms with E-state index >= 15 is 0 Å². The maximum atomic E-state index is 13.5. The van der Waals surface area contributed by atoms with Gasteiger partial charge in [0.15, 0.2) is 0 Å². The highest BCUT2D eigenvalue weighted by Gasteiger charge is 2.47. The van der Waals surface area contributed by atoms with Gasteiger partial charge in [0.1, 0.15) is 12.1 Å². The number of esters is 1. The van der Waals surface area contributed by atoms with Gasteiger partial charge < -0.3 is 29.3 Å². The standard InChI is InChI=1S/C29H45NO8/c1-4-5-6-12-24(20(2)18-21-13-14-23(31)25(19-21)36-3)38-28(34)22-11-7-9-16-30(22)27(33)26(32)29(35)15-8-10-17-37-29/h4,18,21-25,31,35H,1,5-17,19H2,2-3H3/b20-18+/t21-,22-,23+,24-,25+,29+/m0/s1. The van der Waals surface area contributed by atoms with Crippen LogP contribution in [0.2, 0.25) is 0 Å². The van der Waals surface area contributed by atoms with Crippen molar-refractivity contribution >= 4 is 17.7 Å². The lowest BCUT2D eigenvalue weighted by Gasteiger charge is -2.37. The summed E-state index contributed by atoms with van der Waals surface area (Å²) >= 11 is 0. The van der Waals surface area contributed by atoms with Gasteiger partial charge in [-0.1, -0.05) is 12.2 Å². The van der Waals surface area contributed by atoms with Crippen LogP contribution in [0.15, 0.2) is 24.3 Å². The van der Waals surface area contributed by atoms with E-state index in [0.717, 1.165) is 37.7 Å². The Balaban J connectivity index is 1.72. The van der Waals surface area contributed by atoms with Crippen molar-refractivity contribution in [2.75, 3.05) is 20.3 Å². The molecule has 214 valence electrons. The Morgan fingerprint density at radius 1 is 1.18 bits per heavy atom. The molecule has 0 aromatic carbocycles. The van der Waals surface area contributed by atoms with Crippen LogP contribution in [0.1, 0.15) is 84.0 Å². The third-order valence-corrected chi connectivity index (χ3v) is 8.08. The summed E-state index contributed by atoms with van der Waals surface area (Å²) in [4.78, 5) is 40.8. The molecule has 38 heavy (non-hydrogen) atoms. The first-order valence-electron chi connectivity index (χ1n) is 14.1. The quantitative estimate of drug-likeness (QED) is 0.179. The normalized spacial score (nSPS) is 31.4. The molecule has 2 N–H and O–H groups in total. The van der Waals surface area contributed by atoms with Crippen LogP contribution in [0.3, 0.4) is 0 Å². The fourth-order valence-corrected chi connectivity index (χ4v) is 5.75. The minimum absolute atomic E-state index is 0.0675. The van der Waals surface area contributed by atoms with Gasteiger partial charge in [-0.15, -0.1) is 6.58 Å². The van der Waals surface area contributed by atoms with Crippen molar-refractivity contribution in [3.05, 3.63) is 24.3 Å². The Kier molecular flexibility index (Phi) is 11.5. The SMILES string of the molecule is C=CCCC[C@H](OC(=O)[C@@H]1CCCCN1C(=O)C(=O)[C@@]1(O)CCCCO1)/C(C)=C/[C@@H]1CC[C@@H](O)[C@H](OC)C1. The van der Waals surface area contributed by atoms with Crippen LogP contribution in [0, 0.1) is 5.92 Å². The van der Waals surface area contributed by atoms with Gasteiger partial charge in [-0.05, 0) is 89.0 Å². The number of ketones is 1. The van der Waals surface area contributed by atoms with E-state index in [0.29, 0.717) is 38.5 Å². The number of hydrogen-bond acceptors (Lipinski definition) is 8. The summed E-state index contributed by atoms with van der Waals surface area (Å²) in [7, 11) is 1.60. The number of aliphatic hydroxyl groups is 2. The summed E-state index contributed by atoms with van der Waals surface area (Å²) < 4.78 is 16.7. The molecule has 0 aromatic heterocycles. The van der Waals surface area contributed by atoms with Crippen molar-refractivity contribution in [3.8, 4) is 0 Å². The van der Waals surface area contributed by atoms with Gasteiger partial charge in [0.05, 0.1) is 18.8 Å². The number of ether oxygens (including phenoxy) is 3. The van der Waals surface area contributed by atoms with Crippen LogP contribution in [0.25, 0.3) is 0 Å². The Hall–Kier alpha value is -2.07. The predicted octanol–water partition coefficient (Wildman–Crippen LogP) is 3.22. The van der Waals surface area contributed by atoms with Crippen LogP contribution in [-0.2, 0) is 28.6 Å². The summed E-state index contributed by atoms with van der Waals surface area (Å²) in [6.45, 7) is 6.19. The molecule has 3 aliphatic rings. The molecule has 2 heterocycles. The highest BCUT2D eigenvalue weighted by molar-refractivity contribution is 6.39. The molecule has 2 saturated heterocycles. The Labute approximate surface area is 226 Å². The molecule has 0 radical (unpaired) electrons. The number of likely N-dealkylation sites (tertiary alicyclic amines) is 1. The van der Waals surface area contributed by atoms with Crippen LogP contribution >= 0.6 is 0 Å². The number of unbranched alkanes of at least 4 members (excludes halogenated alkanes) is 1. The molecular weight excluding hydrogens is 490 g/mol. The number of methoxy groups -OCH3 is 1. The number of carbonyl (C=O) groups is 3. The fraction of sp³-hybridized carbons (Fsp3) is 0.759. The summed E-state index contributed by atoms with van der Waals surface area (Å²) in [6.07, 6.45) is 10.3. The number of piperidine rings is 1. The van der Waals surface area contributed by atoms with Crippen LogP contribution in [-0.4, -0.2) is 83.2 Å². The van der Waals surface area contributed by atoms with Crippen molar-refractivity contribution in [3.63, 3.8) is 0 Å². The van der Waals surface area contributed by atoms with E-state index in [1.165, 1.54) is 4.90 Å². The molecule has 1 saturated carbocycles. The molecule has 2 aliphatic heterocycles. The molecule has 1 aliphatic carbocycles. The highest BCUT2D eigenvalue weighted by Crippen LogP contribution is 2.31. The third kappa shape index (κ3) is 7.74. The molecule has 3 fully saturated rings. The van der Waals surface area contributed by atoms with Crippen LogP contribution < -0.4 is 0 Å². The largest absolute Gasteiger partial charge is 0.456 e. The number of carbonyl (C=O) groups excluding carboxylic acids is 3. The number of aliphatic hydroxyl groups excluding tert-OH is 1. The first-order valence-corrected chi connectivity index (χ1v) is 14.1. The summed E-state index contributed by atoms with van der Waals surface area (Å²) in [5.41, 5.74) is 0.924. The minimum atomic E-state index is -2.12. The average Bonchev–Trinajstić information content (AvgIpc) is 2.93. The maximum Gasteiger partial charge on any atom is 0.329 e. The zero-order valence-corrected chi connectivity index (χ0v) is 22.9. The third-order valence-electron chi connectivity index (χ3n) is 8.08. The average molecular weight is 536 g/mol. The van der Waals surface area contributed by atoms with E-state index in [4.69, 9.17) is 14.2 Å². The zero-order valence-electron chi connectivity index (χ0n) is 22.9. The van der Waals surface area contributed by atoms with Crippen molar-refractivity contribution in [1.82, 2.24) is 4.90 Å². The van der Waals surface area contributed by atoms with Gasteiger partial charge in [0.2, 0.25) is 5.79 Å². The second kappa shape index (κ2) is 14.4. The van der Waals surface area contributed by atoms with E-state index < -0.39 is 41.7 Å². The van der Waals surface area contributed by atoms with Gasteiger partial charge in [-0.3, -0.25) is 9.59 Å². The van der Waals surface area contributed by atoms with E-state index in [9.17, 15) is 24.6 Å². The number of Topliss-reactive ketones (excluding diaryl/α,β-unsaturated/α-hetero) is 1. The lowest BCUT2D eigenvalue weighted by atomic mass is 9.83. The fourth-order valence-electron chi connectivity index (χ4n) is 5.75. The van der Waals surface area contributed by atoms with E-state index in [2.05, 4.69) is 12.7 Å². The molecule has 0 spiro atoms. The first-order chi connectivity index (χ1) is 18.2. The predicted molar refractivity (Wildman–Crippen MR) is 141 cm³/mol. The number of amides is 1. The monoisotopic (exact) mass is 535 g/mol. The number of rotatable bonds is 11. The van der Waals surface area contributed by atoms with Gasteiger partial charge in [0.25, 0.3) is 11.7 Å². The summed E-state index contributed by atoms with van der Waals surface area (Å²) in [5, 5.41) is 20.8. The van der Waals surface area contributed by atoms with Crippen LogP contribution in [0.4, 0.5) is 0 Å². The topological polar surface area (TPSA) is 123 Å². The van der Waals surface area contributed by atoms with Crippen LogP contribution in [0.5, 0.6) is 0 Å². The highest BCUT2D eigenvalue weighted by atomic mass is 16.6. The maximum absolute atomic E-state index is 13.5. The number of nitrogens with zero attached hydrogens (tertiary/aromatic N) is 1. The second-order valence-corrected chi connectivity index (χ2v) is 10.9. The number of hydrogen-bond donors (Lipinski definition) is 2. The molecule has 6 atom stereocenters. The van der Waals surface area contributed by atoms with Crippen molar-refractivity contribution in [2.24, 2.45) is 5.92 Å². The van der Waals surface area contributed by atoms with Gasteiger partial charge in [-0.25, -0.2) is 4.79 Å². The summed E-state index contributed by atoms with van der Waals surface area (Å²) in [6, 6.07) is -0.884. The van der Waals surface area contributed by atoms with Crippen molar-refractivity contribution < 1.29 is 38.8 Å². The Morgan fingerprint density at radius 2 is 1.97 bits per heavy atom. The lowest BCUT2D eigenvalue weighted by Crippen LogP contribution is -2.57. The van der Waals surface area contributed by atoms with E-state index in [1.54, 1.807) is 7.11 Å². The van der Waals surface area contributed by atoms with Crippen molar-refractivity contribution in [2.45, 2.75) is 114 Å². The molecule has 0 aromatic rings. The zero-order chi connectivity index (χ0) is 27.7. The van der Waals surface area contributed by atoms with Gasteiger partial charge >= 0.3 is 5.97 Å². The molecular formula is C29H45NO8. The molecule has 0 unspecified atom stereocenters. The summed E-state index contributed by atoms with van der Waals surface area (Å²) in [5.74, 6) is -4.36. The Bertz CT molecular complexity index is 865. The molecule has 3 rings (SSSR count). The molecule has 9 nitrogen and oxygen atoms in total. The van der Waals surface area contributed by atoms with E-state index in [-0.39, 0.29) is 31.6 Å². The molecule has 9 heteroatoms. The number of allylic oxidation sites excluding steroid dienone is 2. The first kappa shape index (κ1) is 30.5. The van der Waals surface area contributed by atoms with Crippen molar-refractivity contribution in [1.29, 1.82) is 0 Å². The van der Waals surface area contributed by atoms with E-state index in [1.807, 2.05) is 13.0 Å². The Morgan fingerprint density at radius 3 is 2.66 bits per heavy atom. The van der Waals surface area contributed by atoms with Gasteiger partial charge in [-0.2, -0.15) is 0 Å².